The van der Waals surface area contributed by atoms with Gasteiger partial charge in [0.15, 0.2) is 0 Å². The number of aliphatic hydroxyl groups excluding tert-OH is 1. The molecule has 0 saturated heterocycles. The van der Waals surface area contributed by atoms with Crippen molar-refractivity contribution < 1.29 is 10.2 Å². The van der Waals surface area contributed by atoms with Gasteiger partial charge in [0.1, 0.15) is 0 Å². The fourth-order valence-corrected chi connectivity index (χ4v) is 2.46. The Kier molecular flexibility index (Phi) is 3.08. The van der Waals surface area contributed by atoms with E-state index in [2.05, 4.69) is 6.07 Å². The number of aryl methyl sites for hydroxylation is 1. The summed E-state index contributed by atoms with van der Waals surface area (Å²) in [6.45, 7) is 0.220. The van der Waals surface area contributed by atoms with E-state index in [1.807, 2.05) is 18.2 Å². The Hall–Kier alpha value is -0.860. The average Bonchev–Trinajstić information content (AvgIpc) is 2.59. The highest BCUT2D eigenvalue weighted by Gasteiger charge is 2.35. The molecular formula is C13H18O2. The number of hydrogen-bond donors (Lipinski definition) is 2. The van der Waals surface area contributed by atoms with E-state index in [1.165, 1.54) is 5.56 Å². The first-order chi connectivity index (χ1) is 7.26. The van der Waals surface area contributed by atoms with E-state index in [-0.39, 0.29) is 6.61 Å². The van der Waals surface area contributed by atoms with Crippen LogP contribution in [0, 0.1) is 0 Å². The molecule has 0 saturated carbocycles. The number of hydrogen-bond acceptors (Lipinski definition) is 2. The third-order valence-electron chi connectivity index (χ3n) is 3.33. The second-order valence-electron chi connectivity index (χ2n) is 4.37. The molecule has 0 spiro atoms. The van der Waals surface area contributed by atoms with Gasteiger partial charge in [0, 0.05) is 6.61 Å². The SMILES string of the molecule is OCCCCC1(O)CCc2ccccc21. The molecule has 1 unspecified atom stereocenters. The highest BCUT2D eigenvalue weighted by molar-refractivity contribution is 5.36. The highest BCUT2D eigenvalue weighted by atomic mass is 16.3. The van der Waals surface area contributed by atoms with Crippen LogP contribution in [-0.2, 0) is 12.0 Å². The summed E-state index contributed by atoms with van der Waals surface area (Å²) in [5, 5.41) is 19.2. The minimum absolute atomic E-state index is 0.220. The summed E-state index contributed by atoms with van der Waals surface area (Å²) in [7, 11) is 0. The van der Waals surface area contributed by atoms with Crippen LogP contribution in [0.25, 0.3) is 0 Å². The Morgan fingerprint density at radius 2 is 2.00 bits per heavy atom. The number of fused-ring (bicyclic) bond motifs is 1. The van der Waals surface area contributed by atoms with Crippen LogP contribution in [0.2, 0.25) is 0 Å². The van der Waals surface area contributed by atoms with Crippen LogP contribution in [0.5, 0.6) is 0 Å². The molecule has 0 aromatic heterocycles. The maximum Gasteiger partial charge on any atom is 0.0902 e. The van der Waals surface area contributed by atoms with Gasteiger partial charge in [0.25, 0.3) is 0 Å². The highest BCUT2D eigenvalue weighted by Crippen LogP contribution is 2.40. The molecule has 1 aliphatic rings. The van der Waals surface area contributed by atoms with Crippen molar-refractivity contribution in [1.29, 1.82) is 0 Å². The van der Waals surface area contributed by atoms with Gasteiger partial charge in [-0.1, -0.05) is 24.3 Å². The smallest absolute Gasteiger partial charge is 0.0902 e. The van der Waals surface area contributed by atoms with Crippen molar-refractivity contribution in [1.82, 2.24) is 0 Å². The first-order valence-electron chi connectivity index (χ1n) is 5.68. The van der Waals surface area contributed by atoms with Gasteiger partial charge in [0.2, 0.25) is 0 Å². The van der Waals surface area contributed by atoms with Crippen molar-refractivity contribution in [3.8, 4) is 0 Å². The zero-order valence-electron chi connectivity index (χ0n) is 8.95. The number of aliphatic hydroxyl groups is 2. The van der Waals surface area contributed by atoms with Crippen LogP contribution in [0.15, 0.2) is 24.3 Å². The van der Waals surface area contributed by atoms with Crippen LogP contribution >= 0.6 is 0 Å². The van der Waals surface area contributed by atoms with Crippen molar-refractivity contribution in [3.05, 3.63) is 35.4 Å². The fraction of sp³-hybridized carbons (Fsp3) is 0.538. The minimum atomic E-state index is -0.633. The van der Waals surface area contributed by atoms with Gasteiger partial charge in [-0.15, -0.1) is 0 Å². The predicted octanol–water partition coefficient (Wildman–Crippen LogP) is 1.98. The van der Waals surface area contributed by atoms with E-state index >= 15 is 0 Å². The standard InChI is InChI=1S/C13H18O2/c14-10-4-3-8-13(15)9-7-11-5-1-2-6-12(11)13/h1-2,5-6,14-15H,3-4,7-10H2. The first-order valence-corrected chi connectivity index (χ1v) is 5.68. The molecule has 1 aliphatic carbocycles. The molecule has 0 bridgehead atoms. The Bertz CT molecular complexity index is 335. The zero-order valence-corrected chi connectivity index (χ0v) is 8.95. The van der Waals surface area contributed by atoms with Gasteiger partial charge in [-0.05, 0) is 43.2 Å². The van der Waals surface area contributed by atoms with Crippen molar-refractivity contribution in [2.45, 2.75) is 37.7 Å². The molecule has 82 valence electrons. The lowest BCUT2D eigenvalue weighted by molar-refractivity contribution is 0.0258. The monoisotopic (exact) mass is 206 g/mol. The summed E-state index contributed by atoms with van der Waals surface area (Å²) < 4.78 is 0. The van der Waals surface area contributed by atoms with Crippen molar-refractivity contribution >= 4 is 0 Å². The van der Waals surface area contributed by atoms with Gasteiger partial charge in [-0.3, -0.25) is 0 Å². The first kappa shape index (κ1) is 10.7. The minimum Gasteiger partial charge on any atom is -0.396 e. The number of rotatable bonds is 4. The van der Waals surface area contributed by atoms with Gasteiger partial charge < -0.3 is 10.2 Å². The van der Waals surface area contributed by atoms with Crippen LogP contribution in [-0.4, -0.2) is 16.8 Å². The van der Waals surface area contributed by atoms with E-state index in [9.17, 15) is 5.11 Å². The third kappa shape index (κ3) is 2.06. The van der Waals surface area contributed by atoms with Crippen LogP contribution in [0.4, 0.5) is 0 Å². The quantitative estimate of drug-likeness (QED) is 0.739. The summed E-state index contributed by atoms with van der Waals surface area (Å²) in [6, 6.07) is 8.14. The van der Waals surface area contributed by atoms with Crippen molar-refractivity contribution in [2.24, 2.45) is 0 Å². The summed E-state index contributed by atoms with van der Waals surface area (Å²) in [4.78, 5) is 0. The molecule has 0 amide bonds. The number of benzene rings is 1. The molecule has 2 heteroatoms. The second-order valence-corrected chi connectivity index (χ2v) is 4.37. The Labute approximate surface area is 90.6 Å². The average molecular weight is 206 g/mol. The van der Waals surface area contributed by atoms with Crippen molar-refractivity contribution in [2.75, 3.05) is 6.61 Å². The molecule has 2 N–H and O–H groups in total. The molecule has 1 aromatic carbocycles. The zero-order chi connectivity index (χ0) is 10.7. The van der Waals surface area contributed by atoms with Crippen molar-refractivity contribution in [3.63, 3.8) is 0 Å². The molecule has 15 heavy (non-hydrogen) atoms. The summed E-state index contributed by atoms with van der Waals surface area (Å²) in [6.07, 6.45) is 4.25. The second kappa shape index (κ2) is 4.33. The lowest BCUT2D eigenvalue weighted by Crippen LogP contribution is -2.22. The lowest BCUT2D eigenvalue weighted by Gasteiger charge is -2.23. The maximum atomic E-state index is 10.5. The molecule has 1 aromatic rings. The molecule has 2 rings (SSSR count). The lowest BCUT2D eigenvalue weighted by atomic mass is 9.90. The van der Waals surface area contributed by atoms with Gasteiger partial charge >= 0.3 is 0 Å². The number of unbranched alkanes of at least 4 members (excludes halogenated alkanes) is 1. The Balaban J connectivity index is 2.10. The largest absolute Gasteiger partial charge is 0.396 e. The Morgan fingerprint density at radius 3 is 2.80 bits per heavy atom. The molecule has 0 heterocycles. The van der Waals surface area contributed by atoms with Crippen LogP contribution in [0.3, 0.4) is 0 Å². The molecular weight excluding hydrogens is 188 g/mol. The van der Waals surface area contributed by atoms with Crippen LogP contribution in [0.1, 0.15) is 36.8 Å². The van der Waals surface area contributed by atoms with Gasteiger partial charge in [-0.2, -0.15) is 0 Å². The summed E-state index contributed by atoms with van der Waals surface area (Å²) in [5.74, 6) is 0. The maximum absolute atomic E-state index is 10.5. The topological polar surface area (TPSA) is 40.5 Å². The fourth-order valence-electron chi connectivity index (χ4n) is 2.46. The molecule has 0 fully saturated rings. The third-order valence-corrected chi connectivity index (χ3v) is 3.33. The van der Waals surface area contributed by atoms with Gasteiger partial charge in [-0.25, -0.2) is 0 Å². The summed E-state index contributed by atoms with van der Waals surface area (Å²) in [5.41, 5.74) is 1.75. The molecule has 0 aliphatic heterocycles. The normalized spacial score (nSPS) is 24.1. The molecule has 0 radical (unpaired) electrons. The molecule has 1 atom stereocenters. The molecule has 2 nitrogen and oxygen atoms in total. The van der Waals surface area contributed by atoms with E-state index < -0.39 is 5.60 Å². The van der Waals surface area contributed by atoms with Crippen LogP contribution < -0.4 is 0 Å². The Morgan fingerprint density at radius 1 is 1.20 bits per heavy atom. The summed E-state index contributed by atoms with van der Waals surface area (Å²) >= 11 is 0. The van der Waals surface area contributed by atoms with E-state index in [4.69, 9.17) is 5.11 Å². The van der Waals surface area contributed by atoms with E-state index in [0.717, 1.165) is 37.7 Å². The predicted molar refractivity (Wildman–Crippen MR) is 59.6 cm³/mol. The van der Waals surface area contributed by atoms with Gasteiger partial charge in [0.05, 0.1) is 5.60 Å². The van der Waals surface area contributed by atoms with E-state index in [1.54, 1.807) is 0 Å². The van der Waals surface area contributed by atoms with E-state index in [0.29, 0.717) is 0 Å².